The number of nitro benzene ring substituents is 1. The second-order valence-corrected chi connectivity index (χ2v) is 8.35. The summed E-state index contributed by atoms with van der Waals surface area (Å²) in [6.07, 6.45) is 0. The molecule has 11 heteroatoms. The number of nitrogens with zero attached hydrogens (tertiary/aromatic N) is 5. The van der Waals surface area contributed by atoms with Crippen molar-refractivity contribution in [3.05, 3.63) is 79.3 Å². The molecule has 8 nitrogen and oxygen atoms in total. The molecule has 3 aromatic rings. The summed E-state index contributed by atoms with van der Waals surface area (Å²) in [5.41, 5.74) is 1.32. The molecular formula is C21H16Cl3N5O3. The largest absolute Gasteiger partial charge is 0.352 e. The number of aromatic nitrogens is 2. The highest BCUT2D eigenvalue weighted by Gasteiger charge is 2.25. The zero-order chi connectivity index (χ0) is 22.8. The van der Waals surface area contributed by atoms with Crippen molar-refractivity contribution >= 4 is 52.2 Å². The van der Waals surface area contributed by atoms with Crippen LogP contribution in [0.4, 0.5) is 11.5 Å². The van der Waals surface area contributed by atoms with Gasteiger partial charge in [-0.25, -0.2) is 0 Å². The molecule has 1 aromatic heterocycles. The molecule has 0 bridgehead atoms. The van der Waals surface area contributed by atoms with Gasteiger partial charge in [0.25, 0.3) is 11.6 Å². The maximum atomic E-state index is 12.8. The molecule has 1 amide bonds. The van der Waals surface area contributed by atoms with Crippen molar-refractivity contribution in [2.24, 2.45) is 0 Å². The molecule has 1 aliphatic heterocycles. The monoisotopic (exact) mass is 491 g/mol. The average molecular weight is 493 g/mol. The third-order valence-electron chi connectivity index (χ3n) is 5.14. The van der Waals surface area contributed by atoms with Gasteiger partial charge in [0.2, 0.25) is 0 Å². The molecule has 0 atom stereocenters. The summed E-state index contributed by atoms with van der Waals surface area (Å²) in [5, 5.41) is 20.7. The average Bonchev–Trinajstić information content (AvgIpc) is 2.79. The van der Waals surface area contributed by atoms with Crippen molar-refractivity contribution in [3.63, 3.8) is 0 Å². The number of hydrogen-bond acceptors (Lipinski definition) is 6. The first-order chi connectivity index (χ1) is 15.3. The van der Waals surface area contributed by atoms with Gasteiger partial charge in [0.1, 0.15) is 5.02 Å². The maximum Gasteiger partial charge on any atom is 0.288 e. The molecule has 0 spiro atoms. The molecule has 1 fully saturated rings. The highest BCUT2D eigenvalue weighted by Crippen LogP contribution is 2.30. The Hall–Kier alpha value is -2.94. The molecule has 0 unspecified atom stereocenters. The number of rotatable bonds is 4. The van der Waals surface area contributed by atoms with Crippen LogP contribution in [0.5, 0.6) is 0 Å². The number of carbonyl (C=O) groups is 1. The van der Waals surface area contributed by atoms with Crippen LogP contribution >= 0.6 is 34.8 Å². The number of halogens is 3. The third kappa shape index (κ3) is 4.62. The topological polar surface area (TPSA) is 92.5 Å². The third-order valence-corrected chi connectivity index (χ3v) is 6.01. The lowest BCUT2D eigenvalue weighted by atomic mass is 10.1. The summed E-state index contributed by atoms with van der Waals surface area (Å²) in [4.78, 5) is 26.9. The fourth-order valence-electron chi connectivity index (χ4n) is 3.44. The molecule has 2 heterocycles. The lowest BCUT2D eigenvalue weighted by Gasteiger charge is -2.35. The van der Waals surface area contributed by atoms with Crippen LogP contribution in [0, 0.1) is 10.1 Å². The predicted molar refractivity (Wildman–Crippen MR) is 124 cm³/mol. The van der Waals surface area contributed by atoms with E-state index in [0.29, 0.717) is 47.7 Å². The zero-order valence-electron chi connectivity index (χ0n) is 16.5. The molecule has 0 radical (unpaired) electrons. The molecule has 0 N–H and O–H groups in total. The highest BCUT2D eigenvalue weighted by atomic mass is 35.5. The number of carbonyl (C=O) groups excluding carboxylic acids is 1. The Morgan fingerprint density at radius 1 is 0.906 bits per heavy atom. The van der Waals surface area contributed by atoms with Crippen molar-refractivity contribution in [2.75, 3.05) is 31.1 Å². The Kier molecular flexibility index (Phi) is 6.45. The Morgan fingerprint density at radius 3 is 2.28 bits per heavy atom. The minimum absolute atomic E-state index is 0.00159. The second-order valence-electron chi connectivity index (χ2n) is 7.10. The Morgan fingerprint density at radius 2 is 1.66 bits per heavy atom. The summed E-state index contributed by atoms with van der Waals surface area (Å²) in [5.74, 6) is 0.413. The number of hydrogen-bond donors (Lipinski definition) is 0. The number of anilines is 1. The fourth-order valence-corrected chi connectivity index (χ4v) is 4.13. The first-order valence-corrected chi connectivity index (χ1v) is 10.7. The molecular weight excluding hydrogens is 477 g/mol. The molecule has 1 saturated heterocycles. The van der Waals surface area contributed by atoms with Gasteiger partial charge in [-0.1, -0.05) is 34.8 Å². The quantitative estimate of drug-likeness (QED) is 0.377. The molecule has 0 saturated carbocycles. The number of nitro groups is 1. The number of benzene rings is 2. The minimum atomic E-state index is -0.601. The Bertz CT molecular complexity index is 1180. The van der Waals surface area contributed by atoms with Gasteiger partial charge in [0.05, 0.1) is 15.6 Å². The van der Waals surface area contributed by atoms with Crippen molar-refractivity contribution in [3.8, 4) is 11.3 Å². The SMILES string of the molecule is O=C(c1ccc(Cl)c([N+](=O)[O-])c1)N1CCN(c2ccc(-c3ccc(Cl)cc3Cl)nn2)CC1. The molecule has 164 valence electrons. The first-order valence-electron chi connectivity index (χ1n) is 9.61. The summed E-state index contributed by atoms with van der Waals surface area (Å²) in [6.45, 7) is 2.00. The molecule has 4 rings (SSSR count). The fraction of sp³-hybridized carbons (Fsp3) is 0.190. The van der Waals surface area contributed by atoms with Crippen LogP contribution in [-0.4, -0.2) is 52.1 Å². The van der Waals surface area contributed by atoms with Crippen molar-refractivity contribution < 1.29 is 9.72 Å². The summed E-state index contributed by atoms with van der Waals surface area (Å²) in [7, 11) is 0. The van der Waals surface area contributed by atoms with Crippen LogP contribution in [0.3, 0.4) is 0 Å². The predicted octanol–water partition coefficient (Wildman–Crippen LogP) is 4.97. The standard InChI is InChI=1S/C21H16Cl3N5O3/c22-14-2-3-15(17(24)12-14)18-5-6-20(26-25-18)27-7-9-28(10-8-27)21(30)13-1-4-16(23)19(11-13)29(31)32/h1-6,11-12H,7-10H2. The van der Waals surface area contributed by atoms with Crippen molar-refractivity contribution in [1.82, 2.24) is 15.1 Å². The smallest absolute Gasteiger partial charge is 0.288 e. The van der Waals surface area contributed by atoms with Crippen LogP contribution in [0.2, 0.25) is 15.1 Å². The molecule has 2 aromatic carbocycles. The van der Waals surface area contributed by atoms with Gasteiger partial charge < -0.3 is 9.80 Å². The van der Waals surface area contributed by atoms with E-state index in [-0.39, 0.29) is 22.2 Å². The van der Waals surface area contributed by atoms with E-state index in [4.69, 9.17) is 34.8 Å². The second kappa shape index (κ2) is 9.28. The van der Waals surface area contributed by atoms with Gasteiger partial charge in [-0.15, -0.1) is 10.2 Å². The van der Waals surface area contributed by atoms with Crippen LogP contribution in [0.1, 0.15) is 10.4 Å². The number of piperazine rings is 1. The van der Waals surface area contributed by atoms with Gasteiger partial charge in [0, 0.05) is 48.4 Å². The lowest BCUT2D eigenvalue weighted by molar-refractivity contribution is -0.384. The van der Waals surface area contributed by atoms with E-state index in [2.05, 4.69) is 10.2 Å². The van der Waals surface area contributed by atoms with Crippen molar-refractivity contribution in [1.29, 1.82) is 0 Å². The summed E-state index contributed by atoms with van der Waals surface area (Å²) in [6, 6.07) is 12.9. The summed E-state index contributed by atoms with van der Waals surface area (Å²) >= 11 is 18.0. The normalized spacial score (nSPS) is 13.8. The van der Waals surface area contributed by atoms with Gasteiger partial charge in [-0.2, -0.15) is 0 Å². The lowest BCUT2D eigenvalue weighted by Crippen LogP contribution is -2.49. The van der Waals surface area contributed by atoms with Gasteiger partial charge in [-0.3, -0.25) is 14.9 Å². The minimum Gasteiger partial charge on any atom is -0.352 e. The van der Waals surface area contributed by atoms with E-state index in [1.807, 2.05) is 17.0 Å². The van der Waals surface area contributed by atoms with Crippen LogP contribution in [0.15, 0.2) is 48.5 Å². The van der Waals surface area contributed by atoms with E-state index >= 15 is 0 Å². The van der Waals surface area contributed by atoms with Gasteiger partial charge >= 0.3 is 0 Å². The van der Waals surface area contributed by atoms with E-state index in [9.17, 15) is 14.9 Å². The van der Waals surface area contributed by atoms with Crippen LogP contribution < -0.4 is 4.90 Å². The van der Waals surface area contributed by atoms with Gasteiger partial charge in [0.15, 0.2) is 5.82 Å². The number of amides is 1. The molecule has 32 heavy (non-hydrogen) atoms. The van der Waals surface area contributed by atoms with E-state index in [1.54, 1.807) is 23.1 Å². The zero-order valence-corrected chi connectivity index (χ0v) is 18.8. The molecule has 1 aliphatic rings. The van der Waals surface area contributed by atoms with E-state index < -0.39 is 4.92 Å². The molecule has 0 aliphatic carbocycles. The Balaban J connectivity index is 1.42. The highest BCUT2D eigenvalue weighted by molar-refractivity contribution is 6.36. The van der Waals surface area contributed by atoms with E-state index in [1.165, 1.54) is 18.2 Å². The van der Waals surface area contributed by atoms with Crippen LogP contribution in [0.25, 0.3) is 11.3 Å². The van der Waals surface area contributed by atoms with Crippen LogP contribution in [-0.2, 0) is 0 Å². The van der Waals surface area contributed by atoms with E-state index in [0.717, 1.165) is 5.56 Å². The first kappa shape index (κ1) is 22.3. The maximum absolute atomic E-state index is 12.8. The Labute approximate surface area is 198 Å². The van der Waals surface area contributed by atoms with Gasteiger partial charge in [-0.05, 0) is 42.5 Å². The van der Waals surface area contributed by atoms with Crippen molar-refractivity contribution in [2.45, 2.75) is 0 Å². The summed E-state index contributed by atoms with van der Waals surface area (Å²) < 4.78 is 0.